The summed E-state index contributed by atoms with van der Waals surface area (Å²) in [5, 5.41) is 0.272. The summed E-state index contributed by atoms with van der Waals surface area (Å²) in [6.07, 6.45) is -0.0483. The van der Waals surface area contributed by atoms with Gasteiger partial charge in [-0.2, -0.15) is 0 Å². The Labute approximate surface area is 129 Å². The molecule has 0 unspecified atom stereocenters. The molecule has 0 saturated carbocycles. The van der Waals surface area contributed by atoms with E-state index < -0.39 is 5.82 Å². The van der Waals surface area contributed by atoms with Gasteiger partial charge in [0.15, 0.2) is 5.78 Å². The third kappa shape index (κ3) is 3.02. The summed E-state index contributed by atoms with van der Waals surface area (Å²) in [5.74, 6) is -0.628. The van der Waals surface area contributed by atoms with Gasteiger partial charge in [0.2, 0.25) is 0 Å². The van der Waals surface area contributed by atoms with Crippen molar-refractivity contribution in [2.45, 2.75) is 6.42 Å². The minimum atomic E-state index is -0.457. The molecule has 94 valence electrons. The molecule has 0 saturated heterocycles. The first kappa shape index (κ1) is 14.2. The standard InChI is InChI=1S/C12H6Br2ClFOS/c13-11-5-7(12(14)18-11)10(17)4-6-8(15)2-1-3-9(6)16/h1-3,5H,4H2. The molecular formula is C12H6Br2ClFOS. The summed E-state index contributed by atoms with van der Waals surface area (Å²) in [6.45, 7) is 0. The van der Waals surface area contributed by atoms with E-state index in [1.807, 2.05) is 0 Å². The van der Waals surface area contributed by atoms with E-state index in [1.165, 1.54) is 23.5 Å². The Hall–Kier alpha value is -0.230. The average Bonchev–Trinajstić information content (AvgIpc) is 2.63. The van der Waals surface area contributed by atoms with Crippen LogP contribution in [0.3, 0.4) is 0 Å². The minimum absolute atomic E-state index is 0.0483. The van der Waals surface area contributed by atoms with E-state index in [9.17, 15) is 9.18 Å². The van der Waals surface area contributed by atoms with Gasteiger partial charge in [-0.1, -0.05) is 17.7 Å². The molecule has 0 N–H and O–H groups in total. The second-order valence-electron chi connectivity index (χ2n) is 3.54. The van der Waals surface area contributed by atoms with Crippen LogP contribution in [0, 0.1) is 5.82 Å². The largest absolute Gasteiger partial charge is 0.294 e. The molecule has 0 bridgehead atoms. The highest BCUT2D eigenvalue weighted by Crippen LogP contribution is 2.33. The third-order valence-corrected chi connectivity index (χ3v) is 5.05. The number of hydrogen-bond donors (Lipinski definition) is 0. The zero-order valence-electron chi connectivity index (χ0n) is 8.84. The van der Waals surface area contributed by atoms with E-state index in [0.29, 0.717) is 5.56 Å². The number of halogens is 4. The van der Waals surface area contributed by atoms with E-state index in [0.717, 1.165) is 7.57 Å². The molecule has 0 aliphatic carbocycles. The van der Waals surface area contributed by atoms with Crippen molar-refractivity contribution in [2.75, 3.05) is 0 Å². The van der Waals surface area contributed by atoms with Gasteiger partial charge in [0.1, 0.15) is 5.82 Å². The topological polar surface area (TPSA) is 17.1 Å². The molecule has 1 nitrogen and oxygen atoms in total. The van der Waals surface area contributed by atoms with Crippen LogP contribution in [0.15, 0.2) is 31.8 Å². The number of rotatable bonds is 3. The maximum absolute atomic E-state index is 13.6. The number of hydrogen-bond acceptors (Lipinski definition) is 2. The zero-order valence-corrected chi connectivity index (χ0v) is 13.6. The van der Waals surface area contributed by atoms with Crippen LogP contribution in [0.2, 0.25) is 5.02 Å². The molecule has 1 aromatic carbocycles. The van der Waals surface area contributed by atoms with Gasteiger partial charge in [0.25, 0.3) is 0 Å². The van der Waals surface area contributed by atoms with Gasteiger partial charge < -0.3 is 0 Å². The van der Waals surface area contributed by atoms with Crippen molar-refractivity contribution in [3.8, 4) is 0 Å². The molecular weight excluding hydrogens is 406 g/mol. The second-order valence-corrected chi connectivity index (χ2v) is 7.69. The first-order valence-electron chi connectivity index (χ1n) is 4.90. The van der Waals surface area contributed by atoms with E-state index in [1.54, 1.807) is 12.1 Å². The molecule has 0 amide bonds. The van der Waals surface area contributed by atoms with E-state index in [-0.39, 0.29) is 22.8 Å². The van der Waals surface area contributed by atoms with Crippen LogP contribution in [-0.4, -0.2) is 5.78 Å². The Kier molecular flexibility index (Phi) is 4.59. The number of Topliss-reactive ketones (excluding diaryl/α,β-unsaturated/α-hetero) is 1. The smallest absolute Gasteiger partial charge is 0.169 e. The fraction of sp³-hybridized carbons (Fsp3) is 0.0833. The maximum Gasteiger partial charge on any atom is 0.169 e. The molecule has 0 radical (unpaired) electrons. The molecule has 2 aromatic rings. The fourth-order valence-corrected chi connectivity index (χ4v) is 4.57. The molecule has 0 aliphatic rings. The van der Waals surface area contributed by atoms with Crippen LogP contribution in [0.25, 0.3) is 0 Å². The van der Waals surface area contributed by atoms with Gasteiger partial charge in [-0.3, -0.25) is 4.79 Å². The van der Waals surface area contributed by atoms with Crippen LogP contribution >= 0.6 is 54.8 Å². The number of carbonyl (C=O) groups is 1. The Morgan fingerprint density at radius 2 is 2.11 bits per heavy atom. The minimum Gasteiger partial charge on any atom is -0.294 e. The van der Waals surface area contributed by atoms with Crippen LogP contribution < -0.4 is 0 Å². The number of benzene rings is 1. The second kappa shape index (κ2) is 5.82. The average molecular weight is 413 g/mol. The molecule has 1 aromatic heterocycles. The summed E-state index contributed by atoms with van der Waals surface area (Å²) >= 11 is 13.9. The van der Waals surface area contributed by atoms with Crippen molar-refractivity contribution in [3.05, 3.63) is 53.8 Å². The predicted octanol–water partition coefficient (Wildman–Crippen LogP) is 5.49. The lowest BCUT2D eigenvalue weighted by Gasteiger charge is -2.04. The Balaban J connectivity index is 2.30. The SMILES string of the molecule is O=C(Cc1c(F)cccc1Cl)c1cc(Br)sc1Br. The molecule has 0 fully saturated rings. The van der Waals surface area contributed by atoms with E-state index >= 15 is 0 Å². The van der Waals surface area contributed by atoms with Crippen molar-refractivity contribution < 1.29 is 9.18 Å². The third-order valence-electron chi connectivity index (χ3n) is 2.36. The van der Waals surface area contributed by atoms with Crippen molar-refractivity contribution in [1.29, 1.82) is 0 Å². The first-order valence-corrected chi connectivity index (χ1v) is 7.68. The molecule has 18 heavy (non-hydrogen) atoms. The number of thiophene rings is 1. The molecule has 0 spiro atoms. The lowest BCUT2D eigenvalue weighted by molar-refractivity contribution is 0.0991. The highest BCUT2D eigenvalue weighted by Gasteiger charge is 2.17. The Morgan fingerprint density at radius 3 is 2.67 bits per heavy atom. The van der Waals surface area contributed by atoms with Gasteiger partial charge >= 0.3 is 0 Å². The molecule has 2 rings (SSSR count). The summed E-state index contributed by atoms with van der Waals surface area (Å²) in [7, 11) is 0. The molecule has 1 heterocycles. The van der Waals surface area contributed by atoms with Crippen LogP contribution in [-0.2, 0) is 6.42 Å². The molecule has 0 atom stereocenters. The van der Waals surface area contributed by atoms with Crippen molar-refractivity contribution in [1.82, 2.24) is 0 Å². The highest BCUT2D eigenvalue weighted by atomic mass is 79.9. The summed E-state index contributed by atoms with van der Waals surface area (Å²) in [5.41, 5.74) is 0.768. The Morgan fingerprint density at radius 1 is 1.39 bits per heavy atom. The van der Waals surface area contributed by atoms with Crippen LogP contribution in [0.4, 0.5) is 4.39 Å². The molecule has 6 heteroatoms. The fourth-order valence-electron chi connectivity index (χ4n) is 1.49. The van der Waals surface area contributed by atoms with E-state index in [4.69, 9.17) is 11.6 Å². The van der Waals surface area contributed by atoms with Crippen LogP contribution in [0.5, 0.6) is 0 Å². The van der Waals surface area contributed by atoms with Gasteiger partial charge in [0.05, 0.1) is 7.57 Å². The zero-order chi connectivity index (χ0) is 13.3. The van der Waals surface area contributed by atoms with Gasteiger partial charge in [-0.25, -0.2) is 4.39 Å². The van der Waals surface area contributed by atoms with Gasteiger partial charge in [0, 0.05) is 22.6 Å². The lowest BCUT2D eigenvalue weighted by atomic mass is 10.0. The molecule has 0 aliphatic heterocycles. The quantitative estimate of drug-likeness (QED) is 0.609. The number of carbonyl (C=O) groups excluding carboxylic acids is 1. The van der Waals surface area contributed by atoms with Gasteiger partial charge in [-0.15, -0.1) is 11.3 Å². The van der Waals surface area contributed by atoms with Crippen LogP contribution in [0.1, 0.15) is 15.9 Å². The van der Waals surface area contributed by atoms with Crippen molar-refractivity contribution in [2.24, 2.45) is 0 Å². The summed E-state index contributed by atoms with van der Waals surface area (Å²) in [4.78, 5) is 12.1. The monoisotopic (exact) mass is 410 g/mol. The summed E-state index contributed by atoms with van der Waals surface area (Å²) in [6, 6.07) is 6.10. The Bertz CT molecular complexity index is 592. The number of ketones is 1. The lowest BCUT2D eigenvalue weighted by Crippen LogP contribution is -2.05. The van der Waals surface area contributed by atoms with Crippen molar-refractivity contribution >= 4 is 60.6 Å². The van der Waals surface area contributed by atoms with Crippen molar-refractivity contribution in [3.63, 3.8) is 0 Å². The maximum atomic E-state index is 13.6. The highest BCUT2D eigenvalue weighted by molar-refractivity contribution is 9.12. The predicted molar refractivity (Wildman–Crippen MR) is 79.2 cm³/mol. The first-order chi connectivity index (χ1) is 8.49. The van der Waals surface area contributed by atoms with Gasteiger partial charge in [-0.05, 0) is 50.1 Å². The van der Waals surface area contributed by atoms with E-state index in [2.05, 4.69) is 31.9 Å². The summed E-state index contributed by atoms with van der Waals surface area (Å²) < 4.78 is 15.2. The normalized spacial score (nSPS) is 10.7.